The Hall–Kier alpha value is -1.94. The zero-order chi connectivity index (χ0) is 13.8. The van der Waals surface area contributed by atoms with Crippen molar-refractivity contribution < 1.29 is 9.13 Å². The number of hydrogen-bond donors (Lipinski definition) is 1. The summed E-state index contributed by atoms with van der Waals surface area (Å²) in [7, 11) is 1.45. The van der Waals surface area contributed by atoms with Crippen LogP contribution in [0.3, 0.4) is 0 Å². The molecule has 4 heteroatoms. The smallest absolute Gasteiger partial charge is 0.165 e. The van der Waals surface area contributed by atoms with Crippen LogP contribution in [0.15, 0.2) is 36.5 Å². The number of rotatable bonds is 4. The zero-order valence-electron chi connectivity index (χ0n) is 11.1. The molecule has 1 atom stereocenters. The number of hydrogen-bond acceptors (Lipinski definition) is 3. The summed E-state index contributed by atoms with van der Waals surface area (Å²) in [5.74, 6) is -0.120. The van der Waals surface area contributed by atoms with Gasteiger partial charge in [-0.15, -0.1) is 0 Å². The lowest BCUT2D eigenvalue weighted by Crippen LogP contribution is -2.15. The number of methoxy groups -OCH3 is 1. The van der Waals surface area contributed by atoms with Crippen molar-refractivity contribution >= 4 is 0 Å². The van der Waals surface area contributed by atoms with Gasteiger partial charge in [-0.2, -0.15) is 0 Å². The van der Waals surface area contributed by atoms with Gasteiger partial charge in [0.1, 0.15) is 0 Å². The van der Waals surface area contributed by atoms with E-state index in [1.165, 1.54) is 13.2 Å². The Morgan fingerprint density at radius 3 is 2.79 bits per heavy atom. The molecule has 0 aliphatic rings. The minimum Gasteiger partial charge on any atom is -0.494 e. The van der Waals surface area contributed by atoms with Crippen LogP contribution in [0.2, 0.25) is 0 Å². The number of aromatic nitrogens is 1. The molecule has 1 unspecified atom stereocenters. The van der Waals surface area contributed by atoms with Gasteiger partial charge in [-0.05, 0) is 42.7 Å². The van der Waals surface area contributed by atoms with Crippen LogP contribution in [0.4, 0.5) is 4.39 Å². The number of halogens is 1. The highest BCUT2D eigenvalue weighted by Crippen LogP contribution is 2.22. The highest BCUT2D eigenvalue weighted by molar-refractivity contribution is 5.31. The Morgan fingerprint density at radius 1 is 1.37 bits per heavy atom. The fourth-order valence-electron chi connectivity index (χ4n) is 2.09. The van der Waals surface area contributed by atoms with E-state index in [9.17, 15) is 4.39 Å². The molecule has 2 aromatic rings. The summed E-state index contributed by atoms with van der Waals surface area (Å²) >= 11 is 0. The summed E-state index contributed by atoms with van der Waals surface area (Å²) in [6, 6.07) is 8.52. The summed E-state index contributed by atoms with van der Waals surface area (Å²) in [6.07, 6.45) is 2.30. The molecule has 2 rings (SSSR count). The molecule has 0 aliphatic heterocycles. The number of pyridine rings is 1. The molecule has 0 fully saturated rings. The van der Waals surface area contributed by atoms with Crippen molar-refractivity contribution in [2.24, 2.45) is 5.73 Å². The summed E-state index contributed by atoms with van der Waals surface area (Å²) < 4.78 is 18.5. The first-order chi connectivity index (χ1) is 9.11. The van der Waals surface area contributed by atoms with Crippen molar-refractivity contribution in [2.45, 2.75) is 19.4 Å². The maximum absolute atomic E-state index is 13.6. The highest BCUT2D eigenvalue weighted by atomic mass is 19.1. The Bertz CT molecular complexity index is 572. The Balaban J connectivity index is 2.17. The zero-order valence-corrected chi connectivity index (χ0v) is 11.1. The van der Waals surface area contributed by atoms with E-state index in [0.29, 0.717) is 6.42 Å². The van der Waals surface area contributed by atoms with Crippen LogP contribution in [0.25, 0.3) is 0 Å². The highest BCUT2D eigenvalue weighted by Gasteiger charge is 2.11. The number of nitrogens with two attached hydrogens (primary N) is 1. The van der Waals surface area contributed by atoms with Gasteiger partial charge >= 0.3 is 0 Å². The van der Waals surface area contributed by atoms with Gasteiger partial charge < -0.3 is 10.5 Å². The first-order valence-corrected chi connectivity index (χ1v) is 6.11. The molecule has 1 aromatic heterocycles. The molecule has 0 amide bonds. The summed E-state index contributed by atoms with van der Waals surface area (Å²) in [4.78, 5) is 4.21. The fourth-order valence-corrected chi connectivity index (χ4v) is 2.09. The van der Waals surface area contributed by atoms with E-state index < -0.39 is 0 Å². The number of ether oxygens (including phenoxy) is 1. The van der Waals surface area contributed by atoms with E-state index in [0.717, 1.165) is 16.8 Å². The Labute approximate surface area is 112 Å². The molecule has 1 aromatic carbocycles. The molecule has 19 heavy (non-hydrogen) atoms. The predicted octanol–water partition coefficient (Wildman–Crippen LogP) is 2.78. The molecule has 100 valence electrons. The lowest BCUT2D eigenvalue weighted by Gasteiger charge is -2.14. The maximum atomic E-state index is 13.6. The Morgan fingerprint density at radius 2 is 2.16 bits per heavy atom. The fraction of sp³-hybridized carbons (Fsp3) is 0.267. The third-order valence-corrected chi connectivity index (χ3v) is 3.12. The molecule has 0 radical (unpaired) electrons. The lowest BCUT2D eigenvalue weighted by atomic mass is 9.98. The van der Waals surface area contributed by atoms with Crippen LogP contribution in [0, 0.1) is 12.7 Å². The van der Waals surface area contributed by atoms with Gasteiger partial charge in [0.2, 0.25) is 0 Å². The number of aryl methyl sites for hydroxylation is 1. The molecule has 0 saturated carbocycles. The van der Waals surface area contributed by atoms with Gasteiger partial charge in [0.15, 0.2) is 11.6 Å². The molecular weight excluding hydrogens is 243 g/mol. The summed E-state index contributed by atoms with van der Waals surface area (Å²) in [6.45, 7) is 1.92. The van der Waals surface area contributed by atoms with E-state index in [-0.39, 0.29) is 17.6 Å². The molecular formula is C15H17FN2O. The van der Waals surface area contributed by atoms with E-state index in [4.69, 9.17) is 10.5 Å². The van der Waals surface area contributed by atoms with E-state index in [1.807, 2.05) is 25.1 Å². The van der Waals surface area contributed by atoms with E-state index in [1.54, 1.807) is 12.3 Å². The van der Waals surface area contributed by atoms with Crippen molar-refractivity contribution in [3.05, 3.63) is 59.2 Å². The lowest BCUT2D eigenvalue weighted by molar-refractivity contribution is 0.386. The van der Waals surface area contributed by atoms with Crippen LogP contribution < -0.4 is 10.5 Å². The minimum atomic E-state index is -0.366. The van der Waals surface area contributed by atoms with Gasteiger partial charge in [-0.1, -0.05) is 12.1 Å². The average molecular weight is 260 g/mol. The van der Waals surface area contributed by atoms with E-state index in [2.05, 4.69) is 4.98 Å². The minimum absolute atomic E-state index is 0.193. The predicted molar refractivity (Wildman–Crippen MR) is 72.6 cm³/mol. The molecule has 0 saturated heterocycles. The second-order valence-corrected chi connectivity index (χ2v) is 4.46. The van der Waals surface area contributed by atoms with Crippen molar-refractivity contribution in [3.8, 4) is 5.75 Å². The average Bonchev–Trinajstić information content (AvgIpc) is 2.39. The normalized spacial score (nSPS) is 12.2. The van der Waals surface area contributed by atoms with Gasteiger partial charge in [0, 0.05) is 17.9 Å². The van der Waals surface area contributed by atoms with Gasteiger partial charge in [-0.3, -0.25) is 4.98 Å². The van der Waals surface area contributed by atoms with Crippen LogP contribution in [-0.2, 0) is 6.42 Å². The molecule has 2 N–H and O–H groups in total. The molecule has 0 aliphatic carbocycles. The summed E-state index contributed by atoms with van der Waals surface area (Å²) in [5, 5.41) is 0. The second-order valence-electron chi connectivity index (χ2n) is 4.46. The topological polar surface area (TPSA) is 48.1 Å². The second kappa shape index (κ2) is 5.80. The standard InChI is InChI=1S/C15H17FN2O/c1-10-12(4-3-7-18-10)14(17)9-11-5-6-15(19-2)13(16)8-11/h3-8,14H,9,17H2,1-2H3. The maximum Gasteiger partial charge on any atom is 0.165 e. The van der Waals surface area contributed by atoms with Gasteiger partial charge in [0.25, 0.3) is 0 Å². The number of benzene rings is 1. The molecule has 1 heterocycles. The third kappa shape index (κ3) is 3.09. The van der Waals surface area contributed by atoms with Crippen LogP contribution >= 0.6 is 0 Å². The molecule has 3 nitrogen and oxygen atoms in total. The SMILES string of the molecule is COc1ccc(CC(N)c2cccnc2C)cc1F. The molecule has 0 spiro atoms. The summed E-state index contributed by atoms with van der Waals surface area (Å²) in [5.41, 5.74) is 8.89. The third-order valence-electron chi connectivity index (χ3n) is 3.12. The van der Waals surface area contributed by atoms with Crippen LogP contribution in [0.1, 0.15) is 22.9 Å². The van der Waals surface area contributed by atoms with E-state index >= 15 is 0 Å². The van der Waals surface area contributed by atoms with Gasteiger partial charge in [-0.25, -0.2) is 4.39 Å². The first kappa shape index (κ1) is 13.5. The van der Waals surface area contributed by atoms with Crippen molar-refractivity contribution in [2.75, 3.05) is 7.11 Å². The van der Waals surface area contributed by atoms with Crippen molar-refractivity contribution in [3.63, 3.8) is 0 Å². The van der Waals surface area contributed by atoms with Crippen molar-refractivity contribution in [1.29, 1.82) is 0 Å². The van der Waals surface area contributed by atoms with Gasteiger partial charge in [0.05, 0.1) is 7.11 Å². The van der Waals surface area contributed by atoms with Crippen LogP contribution in [-0.4, -0.2) is 12.1 Å². The Kier molecular flexibility index (Phi) is 4.12. The first-order valence-electron chi connectivity index (χ1n) is 6.11. The number of nitrogens with zero attached hydrogens (tertiary/aromatic N) is 1. The quantitative estimate of drug-likeness (QED) is 0.919. The van der Waals surface area contributed by atoms with Crippen LogP contribution in [0.5, 0.6) is 5.75 Å². The molecule has 0 bridgehead atoms. The largest absolute Gasteiger partial charge is 0.494 e. The van der Waals surface area contributed by atoms with Crippen molar-refractivity contribution in [1.82, 2.24) is 4.98 Å². The monoisotopic (exact) mass is 260 g/mol.